The lowest BCUT2D eigenvalue weighted by Gasteiger charge is -2.10. The quantitative estimate of drug-likeness (QED) is 0.561. The monoisotopic (exact) mass is 362 g/mol. The van der Waals surface area contributed by atoms with Crippen LogP contribution in [0.4, 0.5) is 0 Å². The first-order valence-corrected chi connectivity index (χ1v) is 9.40. The molecule has 0 saturated carbocycles. The van der Waals surface area contributed by atoms with Gasteiger partial charge in [-0.1, -0.05) is 66.7 Å². The molecular formula is C20H14N2O3S. The van der Waals surface area contributed by atoms with Crippen molar-refractivity contribution in [1.82, 2.24) is 8.96 Å². The summed E-state index contributed by atoms with van der Waals surface area (Å²) >= 11 is 0. The SMILES string of the molecule is O=c1nc(-c2ccccc2)ccn1S(=O)(=O)c1cccc2ccccc12. The zero-order valence-electron chi connectivity index (χ0n) is 13.6. The fourth-order valence-corrected chi connectivity index (χ4v) is 4.26. The maximum absolute atomic E-state index is 13.0. The van der Waals surface area contributed by atoms with Gasteiger partial charge in [-0.25, -0.2) is 13.2 Å². The summed E-state index contributed by atoms with van der Waals surface area (Å²) in [6.07, 6.45) is 1.26. The summed E-state index contributed by atoms with van der Waals surface area (Å²) in [7, 11) is -4.05. The molecular weight excluding hydrogens is 348 g/mol. The lowest BCUT2D eigenvalue weighted by atomic mass is 10.1. The van der Waals surface area contributed by atoms with Crippen molar-refractivity contribution in [2.45, 2.75) is 4.90 Å². The second-order valence-electron chi connectivity index (χ2n) is 5.74. The van der Waals surface area contributed by atoms with Crippen LogP contribution in [0, 0.1) is 0 Å². The Morgan fingerprint density at radius 2 is 1.46 bits per heavy atom. The number of fused-ring (bicyclic) bond motifs is 1. The number of rotatable bonds is 3. The molecule has 0 bridgehead atoms. The Morgan fingerprint density at radius 1 is 0.769 bits per heavy atom. The van der Waals surface area contributed by atoms with Gasteiger partial charge in [-0.15, -0.1) is 0 Å². The molecule has 6 heteroatoms. The summed E-state index contributed by atoms with van der Waals surface area (Å²) in [5, 5.41) is 1.35. The minimum absolute atomic E-state index is 0.0759. The van der Waals surface area contributed by atoms with Gasteiger partial charge in [0.2, 0.25) is 0 Å². The average Bonchev–Trinajstić information content (AvgIpc) is 2.68. The molecule has 4 rings (SSSR count). The highest BCUT2D eigenvalue weighted by atomic mass is 32.2. The second-order valence-corrected chi connectivity index (χ2v) is 7.52. The van der Waals surface area contributed by atoms with Crippen LogP contribution >= 0.6 is 0 Å². The first kappa shape index (κ1) is 16.2. The summed E-state index contributed by atoms with van der Waals surface area (Å²) in [5.41, 5.74) is 0.346. The largest absolute Gasteiger partial charge is 0.362 e. The van der Waals surface area contributed by atoms with Crippen molar-refractivity contribution in [1.29, 1.82) is 0 Å². The van der Waals surface area contributed by atoms with Crippen molar-refractivity contribution >= 4 is 20.8 Å². The van der Waals surface area contributed by atoms with Crippen LogP contribution in [0.25, 0.3) is 22.0 Å². The van der Waals surface area contributed by atoms with E-state index in [1.807, 2.05) is 48.5 Å². The van der Waals surface area contributed by atoms with E-state index in [0.717, 1.165) is 10.9 Å². The normalized spacial score (nSPS) is 11.5. The smallest absolute Gasteiger partial charge is 0.244 e. The van der Waals surface area contributed by atoms with Gasteiger partial charge in [0.05, 0.1) is 10.6 Å². The van der Waals surface area contributed by atoms with E-state index in [9.17, 15) is 13.2 Å². The Balaban J connectivity index is 1.88. The average molecular weight is 362 g/mol. The predicted octanol–water partition coefficient (Wildman–Crippen LogP) is 3.30. The topological polar surface area (TPSA) is 69.0 Å². The Kier molecular flexibility index (Phi) is 3.89. The molecule has 0 aliphatic carbocycles. The molecule has 5 nitrogen and oxygen atoms in total. The van der Waals surface area contributed by atoms with E-state index in [1.54, 1.807) is 18.2 Å². The Hall–Kier alpha value is -3.25. The van der Waals surface area contributed by atoms with Gasteiger partial charge in [-0.05, 0) is 17.5 Å². The minimum Gasteiger partial charge on any atom is -0.244 e. The van der Waals surface area contributed by atoms with Crippen LogP contribution < -0.4 is 5.69 Å². The molecule has 0 unspecified atom stereocenters. The number of benzene rings is 3. The van der Waals surface area contributed by atoms with Gasteiger partial charge < -0.3 is 0 Å². The Morgan fingerprint density at radius 3 is 2.23 bits per heavy atom. The van der Waals surface area contributed by atoms with Gasteiger partial charge in [-0.3, -0.25) is 0 Å². The van der Waals surface area contributed by atoms with Crippen molar-refractivity contribution in [3.8, 4) is 11.3 Å². The third-order valence-corrected chi connectivity index (χ3v) is 5.84. The van der Waals surface area contributed by atoms with Gasteiger partial charge in [0.25, 0.3) is 10.0 Å². The van der Waals surface area contributed by atoms with Crippen LogP contribution in [0.5, 0.6) is 0 Å². The van der Waals surface area contributed by atoms with Gasteiger partial charge in [0.1, 0.15) is 0 Å². The predicted molar refractivity (Wildman–Crippen MR) is 100 cm³/mol. The highest BCUT2D eigenvalue weighted by Gasteiger charge is 2.21. The van der Waals surface area contributed by atoms with Crippen LogP contribution in [0.1, 0.15) is 0 Å². The van der Waals surface area contributed by atoms with Gasteiger partial charge in [0, 0.05) is 17.1 Å². The molecule has 0 fully saturated rings. The van der Waals surface area contributed by atoms with E-state index in [4.69, 9.17) is 0 Å². The molecule has 1 aromatic heterocycles. The number of nitrogens with zero attached hydrogens (tertiary/aromatic N) is 2. The molecule has 128 valence electrons. The van der Waals surface area contributed by atoms with E-state index >= 15 is 0 Å². The first-order valence-electron chi connectivity index (χ1n) is 7.96. The van der Waals surface area contributed by atoms with E-state index in [1.165, 1.54) is 18.3 Å². The van der Waals surface area contributed by atoms with E-state index in [0.29, 0.717) is 15.1 Å². The zero-order valence-corrected chi connectivity index (χ0v) is 14.4. The minimum atomic E-state index is -4.05. The fraction of sp³-hybridized carbons (Fsp3) is 0. The molecule has 0 aliphatic heterocycles. The third-order valence-electron chi connectivity index (χ3n) is 4.13. The molecule has 0 radical (unpaired) electrons. The van der Waals surface area contributed by atoms with Crippen molar-refractivity contribution in [2.75, 3.05) is 0 Å². The molecule has 1 heterocycles. The highest BCUT2D eigenvalue weighted by molar-refractivity contribution is 7.90. The lowest BCUT2D eigenvalue weighted by molar-refractivity contribution is 0.585. The van der Waals surface area contributed by atoms with Crippen LogP contribution in [0.2, 0.25) is 0 Å². The van der Waals surface area contributed by atoms with Crippen LogP contribution in [-0.2, 0) is 10.0 Å². The number of aromatic nitrogens is 2. The third kappa shape index (κ3) is 2.70. The molecule has 0 atom stereocenters. The first-order chi connectivity index (χ1) is 12.6. The number of hydrogen-bond acceptors (Lipinski definition) is 4. The second kappa shape index (κ2) is 6.24. The van der Waals surface area contributed by atoms with E-state index < -0.39 is 15.7 Å². The summed E-state index contributed by atoms with van der Waals surface area (Å²) in [5.74, 6) is 0. The van der Waals surface area contributed by atoms with Gasteiger partial charge >= 0.3 is 5.69 Å². The fourth-order valence-electron chi connectivity index (χ4n) is 2.87. The standard InChI is InChI=1S/C20H14N2O3S/c23-20-21-18(16-8-2-1-3-9-16)13-14-22(20)26(24,25)19-12-6-10-15-7-4-5-11-17(15)19/h1-14H. The Labute approximate surface area is 150 Å². The molecule has 0 aliphatic rings. The van der Waals surface area contributed by atoms with Crippen molar-refractivity contribution in [3.63, 3.8) is 0 Å². The van der Waals surface area contributed by atoms with Crippen molar-refractivity contribution in [2.24, 2.45) is 0 Å². The zero-order chi connectivity index (χ0) is 18.1. The maximum atomic E-state index is 13.0. The van der Waals surface area contributed by atoms with Crippen LogP contribution in [-0.4, -0.2) is 17.4 Å². The van der Waals surface area contributed by atoms with Crippen LogP contribution in [0.3, 0.4) is 0 Å². The summed E-state index contributed by atoms with van der Waals surface area (Å²) in [6, 6.07) is 22.8. The maximum Gasteiger partial charge on any atom is 0.362 e. The summed E-state index contributed by atoms with van der Waals surface area (Å²) < 4.78 is 26.8. The molecule has 0 N–H and O–H groups in total. The number of hydrogen-bond donors (Lipinski definition) is 0. The lowest BCUT2D eigenvalue weighted by Crippen LogP contribution is -2.29. The van der Waals surface area contributed by atoms with Crippen molar-refractivity contribution < 1.29 is 8.42 Å². The van der Waals surface area contributed by atoms with Gasteiger partial charge in [-0.2, -0.15) is 8.96 Å². The molecule has 0 amide bonds. The van der Waals surface area contributed by atoms with Gasteiger partial charge in [0.15, 0.2) is 0 Å². The molecule has 0 saturated heterocycles. The van der Waals surface area contributed by atoms with E-state index in [2.05, 4.69) is 4.98 Å². The summed E-state index contributed by atoms with van der Waals surface area (Å²) in [6.45, 7) is 0. The highest BCUT2D eigenvalue weighted by Crippen LogP contribution is 2.24. The van der Waals surface area contributed by atoms with Crippen molar-refractivity contribution in [3.05, 3.63) is 95.5 Å². The van der Waals surface area contributed by atoms with E-state index in [-0.39, 0.29) is 4.90 Å². The summed E-state index contributed by atoms with van der Waals surface area (Å²) in [4.78, 5) is 16.5. The van der Waals surface area contributed by atoms with Crippen LogP contribution in [0.15, 0.2) is 94.7 Å². The Bertz CT molecular complexity index is 1260. The molecule has 26 heavy (non-hydrogen) atoms. The molecule has 4 aromatic rings. The molecule has 0 spiro atoms. The molecule has 3 aromatic carbocycles.